The smallest absolute Gasteiger partial charge is 0.335 e. The zero-order valence-electron chi connectivity index (χ0n) is 20.2. The van der Waals surface area contributed by atoms with Gasteiger partial charge in [-0.3, -0.25) is 14.9 Å². The predicted molar refractivity (Wildman–Crippen MR) is 135 cm³/mol. The lowest BCUT2D eigenvalue weighted by atomic mass is 9.98. The van der Waals surface area contributed by atoms with Gasteiger partial charge in [0.15, 0.2) is 0 Å². The van der Waals surface area contributed by atoms with Gasteiger partial charge in [-0.05, 0) is 72.9 Å². The molecule has 1 atom stereocenters. The minimum absolute atomic E-state index is 0.102. The van der Waals surface area contributed by atoms with Crippen molar-refractivity contribution in [2.45, 2.75) is 39.7 Å². The summed E-state index contributed by atoms with van der Waals surface area (Å²) in [6, 6.07) is 18.0. The molecule has 1 aromatic heterocycles. The number of carbonyl (C=O) groups excluding carboxylic acids is 3. The Morgan fingerprint density at radius 3 is 2.51 bits per heavy atom. The number of ether oxygens (including phenoxy) is 1. The van der Waals surface area contributed by atoms with Crippen molar-refractivity contribution in [3.05, 3.63) is 89.3 Å². The number of carbonyl (C=O) groups is 3. The molecular weight excluding hydrogens is 442 g/mol. The lowest BCUT2D eigenvalue weighted by Gasteiger charge is -2.26. The number of hydrogen-bond donors (Lipinski definition) is 1. The molecule has 2 aromatic carbocycles. The normalized spacial score (nSPS) is 15.9. The van der Waals surface area contributed by atoms with Crippen LogP contribution in [0.1, 0.15) is 43.0 Å². The third kappa shape index (κ3) is 5.35. The summed E-state index contributed by atoms with van der Waals surface area (Å²) < 4.78 is 7.72. The van der Waals surface area contributed by atoms with E-state index in [4.69, 9.17) is 4.74 Å². The lowest BCUT2D eigenvalue weighted by molar-refractivity contribution is -0.122. The van der Waals surface area contributed by atoms with Crippen LogP contribution in [0.3, 0.4) is 0 Å². The summed E-state index contributed by atoms with van der Waals surface area (Å²) in [5.41, 5.74) is 3.22. The number of aromatic nitrogens is 1. The third-order valence-corrected chi connectivity index (χ3v) is 6.18. The molecule has 7 heteroatoms. The number of benzene rings is 2. The topological polar surface area (TPSA) is 80.6 Å². The van der Waals surface area contributed by atoms with Crippen LogP contribution >= 0.6 is 0 Å². The first-order valence-electron chi connectivity index (χ1n) is 11.7. The molecule has 0 saturated carbocycles. The van der Waals surface area contributed by atoms with E-state index in [9.17, 15) is 14.4 Å². The summed E-state index contributed by atoms with van der Waals surface area (Å²) in [7, 11) is 0. The van der Waals surface area contributed by atoms with Crippen LogP contribution in [0, 0.1) is 6.92 Å². The molecule has 180 valence electrons. The van der Waals surface area contributed by atoms with Gasteiger partial charge in [0.05, 0.1) is 12.2 Å². The van der Waals surface area contributed by atoms with Crippen molar-refractivity contribution >= 4 is 29.6 Å². The van der Waals surface area contributed by atoms with Crippen LogP contribution in [0.2, 0.25) is 0 Å². The fourth-order valence-electron chi connectivity index (χ4n) is 3.96. The molecular formula is C28H29N3O4. The highest BCUT2D eigenvalue weighted by Gasteiger charge is 2.37. The zero-order chi connectivity index (χ0) is 24.9. The Bertz CT molecular complexity index is 1270. The van der Waals surface area contributed by atoms with Crippen LogP contribution in [0.15, 0.2) is 72.4 Å². The number of aryl methyl sites for hydroxylation is 1. The number of rotatable bonds is 8. The van der Waals surface area contributed by atoms with E-state index in [1.165, 1.54) is 6.08 Å². The van der Waals surface area contributed by atoms with Gasteiger partial charge in [0.2, 0.25) is 0 Å². The molecule has 1 N–H and O–H groups in total. The maximum absolute atomic E-state index is 13.2. The molecule has 1 fully saturated rings. The number of barbiturate groups is 1. The Balaban J connectivity index is 1.52. The van der Waals surface area contributed by atoms with Gasteiger partial charge in [0.1, 0.15) is 17.9 Å². The minimum Gasteiger partial charge on any atom is -0.492 e. The monoisotopic (exact) mass is 471 g/mol. The summed E-state index contributed by atoms with van der Waals surface area (Å²) in [6.45, 7) is 7.17. The van der Waals surface area contributed by atoms with E-state index in [0.29, 0.717) is 30.5 Å². The molecule has 0 aliphatic carbocycles. The molecule has 7 nitrogen and oxygen atoms in total. The van der Waals surface area contributed by atoms with Crippen LogP contribution in [-0.2, 0) is 16.1 Å². The van der Waals surface area contributed by atoms with E-state index in [1.807, 2.05) is 66.2 Å². The Kier molecular flexibility index (Phi) is 7.15. The van der Waals surface area contributed by atoms with E-state index in [1.54, 1.807) is 12.1 Å². The quantitative estimate of drug-likeness (QED) is 0.368. The molecule has 4 rings (SSSR count). The molecule has 4 amide bonds. The van der Waals surface area contributed by atoms with Crippen molar-refractivity contribution in [3.8, 4) is 5.75 Å². The second kappa shape index (κ2) is 10.4. The van der Waals surface area contributed by atoms with Gasteiger partial charge < -0.3 is 9.30 Å². The number of urea groups is 1. The van der Waals surface area contributed by atoms with Crippen LogP contribution in [0.4, 0.5) is 10.5 Å². The van der Waals surface area contributed by atoms with Crippen molar-refractivity contribution in [2.75, 3.05) is 11.5 Å². The largest absolute Gasteiger partial charge is 0.492 e. The van der Waals surface area contributed by atoms with Gasteiger partial charge in [-0.15, -0.1) is 0 Å². The SMILES string of the molecule is CCC(C)c1ccc(N2C(=O)NC(=O)/C(=C/c3cccn3CCOc3cccc(C)c3)C2=O)cc1. The van der Waals surface area contributed by atoms with Gasteiger partial charge in [0.25, 0.3) is 11.8 Å². The first-order chi connectivity index (χ1) is 16.9. The lowest BCUT2D eigenvalue weighted by Crippen LogP contribution is -2.54. The maximum atomic E-state index is 13.2. The van der Waals surface area contributed by atoms with Crippen LogP contribution in [0.5, 0.6) is 5.75 Å². The second-order valence-corrected chi connectivity index (χ2v) is 8.65. The predicted octanol–water partition coefficient (Wildman–Crippen LogP) is 5.06. The standard InChI is InChI=1S/C28H29N3O4/c1-4-20(3)21-10-12-22(13-11-21)31-27(33)25(26(32)29-28(31)34)18-23-8-6-14-30(23)15-16-35-24-9-5-7-19(2)17-24/h5-14,17-18,20H,4,15-16H2,1-3H3,(H,29,32,34)/b25-18-. The third-order valence-electron chi connectivity index (χ3n) is 6.18. The second-order valence-electron chi connectivity index (χ2n) is 8.65. The fraction of sp³-hybridized carbons (Fsp3) is 0.250. The molecule has 0 spiro atoms. The van der Waals surface area contributed by atoms with Gasteiger partial charge in [-0.25, -0.2) is 9.69 Å². The number of hydrogen-bond acceptors (Lipinski definition) is 4. The van der Waals surface area contributed by atoms with E-state index < -0.39 is 17.8 Å². The van der Waals surface area contributed by atoms with Crippen molar-refractivity contribution < 1.29 is 19.1 Å². The van der Waals surface area contributed by atoms with Gasteiger partial charge in [0, 0.05) is 11.9 Å². The molecule has 0 bridgehead atoms. The van der Waals surface area contributed by atoms with Crippen molar-refractivity contribution in [1.29, 1.82) is 0 Å². The average Bonchev–Trinajstić information content (AvgIpc) is 3.28. The van der Waals surface area contributed by atoms with E-state index in [-0.39, 0.29) is 5.57 Å². The van der Waals surface area contributed by atoms with E-state index in [0.717, 1.165) is 28.2 Å². The molecule has 1 aliphatic heterocycles. The average molecular weight is 472 g/mol. The Morgan fingerprint density at radius 2 is 1.80 bits per heavy atom. The highest BCUT2D eigenvalue weighted by Crippen LogP contribution is 2.25. The molecule has 1 aliphatic rings. The van der Waals surface area contributed by atoms with E-state index >= 15 is 0 Å². The van der Waals surface area contributed by atoms with Crippen molar-refractivity contribution in [2.24, 2.45) is 0 Å². The van der Waals surface area contributed by atoms with Gasteiger partial charge in [-0.2, -0.15) is 0 Å². The molecule has 0 radical (unpaired) electrons. The fourth-order valence-corrected chi connectivity index (χ4v) is 3.96. The summed E-state index contributed by atoms with van der Waals surface area (Å²) >= 11 is 0. The molecule has 1 unspecified atom stereocenters. The van der Waals surface area contributed by atoms with Crippen molar-refractivity contribution in [3.63, 3.8) is 0 Å². The van der Waals surface area contributed by atoms with E-state index in [2.05, 4.69) is 19.2 Å². The number of nitrogens with one attached hydrogen (secondary N) is 1. The minimum atomic E-state index is -0.754. The highest BCUT2D eigenvalue weighted by atomic mass is 16.5. The molecule has 1 saturated heterocycles. The van der Waals surface area contributed by atoms with Crippen LogP contribution in [-0.4, -0.2) is 29.0 Å². The Labute approximate surface area is 205 Å². The summed E-state index contributed by atoms with van der Waals surface area (Å²) in [4.78, 5) is 39.3. The van der Waals surface area contributed by atoms with Crippen LogP contribution < -0.4 is 15.0 Å². The number of anilines is 1. The number of nitrogens with zero attached hydrogens (tertiary/aromatic N) is 2. The summed E-state index contributed by atoms with van der Waals surface area (Å²) in [6.07, 6.45) is 4.35. The molecule has 35 heavy (non-hydrogen) atoms. The van der Waals surface area contributed by atoms with Gasteiger partial charge in [-0.1, -0.05) is 38.1 Å². The zero-order valence-corrected chi connectivity index (χ0v) is 20.2. The van der Waals surface area contributed by atoms with Crippen molar-refractivity contribution in [1.82, 2.24) is 9.88 Å². The molecule has 2 heterocycles. The molecule has 3 aromatic rings. The summed E-state index contributed by atoms with van der Waals surface area (Å²) in [5, 5.41) is 2.28. The van der Waals surface area contributed by atoms with Crippen LogP contribution in [0.25, 0.3) is 6.08 Å². The number of imide groups is 2. The van der Waals surface area contributed by atoms with Gasteiger partial charge >= 0.3 is 6.03 Å². The maximum Gasteiger partial charge on any atom is 0.335 e. The number of amides is 4. The first-order valence-corrected chi connectivity index (χ1v) is 11.7. The Morgan fingerprint density at radius 1 is 1.03 bits per heavy atom. The first kappa shape index (κ1) is 24.0. The summed E-state index contributed by atoms with van der Waals surface area (Å²) in [5.74, 6) is -0.211. The highest BCUT2D eigenvalue weighted by molar-refractivity contribution is 6.39. The Hall–Kier alpha value is -4.13.